The van der Waals surface area contributed by atoms with Crippen molar-refractivity contribution in [3.05, 3.63) is 5.69 Å². The Morgan fingerprint density at radius 2 is 2.33 bits per heavy atom. The molecule has 5 heteroatoms. The Bertz CT molecular complexity index is 364. The summed E-state index contributed by atoms with van der Waals surface area (Å²) in [7, 11) is 1.94. The average molecular weight is 227 g/mol. The molecular formula is C10H17N3OS. The van der Waals surface area contributed by atoms with Crippen molar-refractivity contribution in [1.82, 2.24) is 9.78 Å². The molecule has 1 aromatic rings. The van der Waals surface area contributed by atoms with E-state index in [9.17, 15) is 0 Å². The summed E-state index contributed by atoms with van der Waals surface area (Å²) in [6.45, 7) is 4.91. The smallest absolute Gasteiger partial charge is 0.117 e. The van der Waals surface area contributed by atoms with Gasteiger partial charge >= 0.3 is 0 Å². The summed E-state index contributed by atoms with van der Waals surface area (Å²) in [6, 6.07) is 0. The second kappa shape index (κ2) is 4.06. The zero-order valence-corrected chi connectivity index (χ0v) is 10.2. The van der Waals surface area contributed by atoms with Crippen LogP contribution in [-0.2, 0) is 11.8 Å². The summed E-state index contributed by atoms with van der Waals surface area (Å²) in [6.07, 6.45) is 1.40. The molecule has 4 nitrogen and oxygen atoms in total. The van der Waals surface area contributed by atoms with Gasteiger partial charge < -0.3 is 10.5 Å². The van der Waals surface area contributed by atoms with Gasteiger partial charge in [0.2, 0.25) is 0 Å². The van der Waals surface area contributed by atoms with Gasteiger partial charge in [-0.1, -0.05) is 11.8 Å². The summed E-state index contributed by atoms with van der Waals surface area (Å²) >= 11 is 1.78. The third-order valence-electron chi connectivity index (χ3n) is 2.78. The van der Waals surface area contributed by atoms with E-state index in [-0.39, 0.29) is 0 Å². The molecule has 1 aliphatic heterocycles. The lowest BCUT2D eigenvalue weighted by molar-refractivity contribution is 0.127. The summed E-state index contributed by atoms with van der Waals surface area (Å²) in [5, 5.41) is 5.87. The molecule has 84 valence electrons. The monoisotopic (exact) mass is 227 g/mol. The highest BCUT2D eigenvalue weighted by atomic mass is 32.2. The number of ether oxygens (including phenoxy) is 1. The van der Waals surface area contributed by atoms with Crippen LogP contribution in [0.5, 0.6) is 0 Å². The number of rotatable bonds is 2. The molecule has 0 bridgehead atoms. The third-order valence-corrected chi connectivity index (χ3v) is 4.41. The molecule has 1 fully saturated rings. The molecule has 15 heavy (non-hydrogen) atoms. The molecule has 0 aromatic carbocycles. The van der Waals surface area contributed by atoms with E-state index >= 15 is 0 Å². The summed E-state index contributed by atoms with van der Waals surface area (Å²) in [5.41, 5.74) is 7.70. The highest BCUT2D eigenvalue weighted by molar-refractivity contribution is 8.00. The van der Waals surface area contributed by atoms with Gasteiger partial charge in [0, 0.05) is 18.9 Å². The van der Waals surface area contributed by atoms with Crippen LogP contribution in [-0.4, -0.2) is 27.7 Å². The Balaban J connectivity index is 2.16. The zero-order chi connectivity index (χ0) is 11.0. The maximum absolute atomic E-state index is 5.98. The van der Waals surface area contributed by atoms with Crippen LogP contribution in [0.3, 0.4) is 0 Å². The van der Waals surface area contributed by atoms with Gasteiger partial charge in [0.1, 0.15) is 5.03 Å². The Hall–Kier alpha value is -0.680. The lowest BCUT2D eigenvalue weighted by Crippen LogP contribution is -2.14. The number of aryl methyl sites for hydroxylation is 2. The van der Waals surface area contributed by atoms with E-state index in [2.05, 4.69) is 12.0 Å². The number of nitrogen functional groups attached to an aromatic ring is 1. The maximum Gasteiger partial charge on any atom is 0.117 e. The van der Waals surface area contributed by atoms with Crippen LogP contribution in [0.4, 0.5) is 5.69 Å². The molecule has 2 heterocycles. The normalized spacial score (nSPS) is 26.1. The van der Waals surface area contributed by atoms with E-state index in [1.165, 1.54) is 0 Å². The first kappa shape index (κ1) is 10.8. The molecule has 2 N–H and O–H groups in total. The Morgan fingerprint density at radius 3 is 2.80 bits per heavy atom. The number of hydrogen-bond donors (Lipinski definition) is 1. The van der Waals surface area contributed by atoms with E-state index in [1.807, 2.05) is 18.7 Å². The van der Waals surface area contributed by atoms with Crippen molar-refractivity contribution in [1.29, 1.82) is 0 Å². The molecule has 2 atom stereocenters. The lowest BCUT2D eigenvalue weighted by Gasteiger charge is -2.13. The van der Waals surface area contributed by atoms with Crippen LogP contribution in [0.2, 0.25) is 0 Å². The number of aromatic nitrogens is 2. The van der Waals surface area contributed by atoms with Crippen LogP contribution in [0.15, 0.2) is 5.03 Å². The molecule has 0 aliphatic carbocycles. The lowest BCUT2D eigenvalue weighted by atomic mass is 10.3. The minimum Gasteiger partial charge on any atom is -0.395 e. The van der Waals surface area contributed by atoms with Crippen LogP contribution in [0, 0.1) is 6.92 Å². The Labute approximate surface area is 94.2 Å². The molecule has 2 rings (SSSR count). The SMILES string of the molecule is Cc1nn(C)c(SC2CCOC2C)c1N. The minimum absolute atomic E-state index is 0.310. The van der Waals surface area contributed by atoms with Crippen molar-refractivity contribution in [2.75, 3.05) is 12.3 Å². The van der Waals surface area contributed by atoms with Gasteiger partial charge in [-0.3, -0.25) is 4.68 Å². The molecule has 0 amide bonds. The van der Waals surface area contributed by atoms with Gasteiger partial charge in [0.25, 0.3) is 0 Å². The van der Waals surface area contributed by atoms with Crippen molar-refractivity contribution >= 4 is 17.4 Å². The molecular weight excluding hydrogens is 210 g/mol. The minimum atomic E-state index is 0.310. The maximum atomic E-state index is 5.98. The van der Waals surface area contributed by atoms with Gasteiger partial charge in [-0.15, -0.1) is 0 Å². The van der Waals surface area contributed by atoms with Crippen molar-refractivity contribution in [3.63, 3.8) is 0 Å². The largest absolute Gasteiger partial charge is 0.395 e. The first-order valence-corrected chi connectivity index (χ1v) is 6.05. The highest BCUT2D eigenvalue weighted by Crippen LogP contribution is 2.36. The molecule has 0 radical (unpaired) electrons. The molecule has 1 aliphatic rings. The fraction of sp³-hybridized carbons (Fsp3) is 0.700. The Morgan fingerprint density at radius 1 is 1.60 bits per heavy atom. The van der Waals surface area contributed by atoms with Crippen molar-refractivity contribution < 1.29 is 4.74 Å². The van der Waals surface area contributed by atoms with Gasteiger partial charge in [-0.2, -0.15) is 5.10 Å². The van der Waals surface area contributed by atoms with Gasteiger partial charge in [-0.05, 0) is 20.3 Å². The number of nitrogens with zero attached hydrogens (tertiary/aromatic N) is 2. The molecule has 1 saturated heterocycles. The number of nitrogens with two attached hydrogens (primary N) is 1. The van der Waals surface area contributed by atoms with Crippen molar-refractivity contribution in [2.45, 2.75) is 36.6 Å². The number of thioether (sulfide) groups is 1. The van der Waals surface area contributed by atoms with Crippen LogP contribution >= 0.6 is 11.8 Å². The second-order valence-corrected chi connectivity index (χ2v) is 5.18. The molecule has 0 saturated carbocycles. The second-order valence-electron chi connectivity index (χ2n) is 3.95. The van der Waals surface area contributed by atoms with E-state index in [4.69, 9.17) is 10.5 Å². The summed E-state index contributed by atoms with van der Waals surface area (Å²) in [5.74, 6) is 0. The molecule has 0 spiro atoms. The summed E-state index contributed by atoms with van der Waals surface area (Å²) < 4.78 is 7.39. The third kappa shape index (κ3) is 1.99. The fourth-order valence-electron chi connectivity index (χ4n) is 1.80. The van der Waals surface area contributed by atoms with Gasteiger partial charge in [0.05, 0.1) is 17.5 Å². The quantitative estimate of drug-likeness (QED) is 0.833. The average Bonchev–Trinajstić information content (AvgIpc) is 2.67. The van der Waals surface area contributed by atoms with E-state index in [0.29, 0.717) is 11.4 Å². The predicted octanol–water partition coefficient (Wildman–Crippen LogP) is 1.58. The number of anilines is 1. The van der Waals surface area contributed by atoms with E-state index < -0.39 is 0 Å². The molecule has 2 unspecified atom stereocenters. The van der Waals surface area contributed by atoms with Gasteiger partial charge in [0.15, 0.2) is 0 Å². The van der Waals surface area contributed by atoms with Crippen LogP contribution in [0.25, 0.3) is 0 Å². The van der Waals surface area contributed by atoms with Crippen LogP contribution in [0.1, 0.15) is 19.0 Å². The first-order valence-electron chi connectivity index (χ1n) is 5.17. The van der Waals surface area contributed by atoms with Crippen molar-refractivity contribution in [2.24, 2.45) is 7.05 Å². The Kier molecular flexibility index (Phi) is 2.93. The standard InChI is InChI=1S/C10H17N3OS/c1-6-9(11)10(13(3)12-6)15-8-4-5-14-7(8)2/h7-8H,4-5,11H2,1-3H3. The van der Waals surface area contributed by atoms with Gasteiger partial charge in [-0.25, -0.2) is 0 Å². The fourth-order valence-corrected chi connectivity index (χ4v) is 3.04. The number of hydrogen-bond acceptors (Lipinski definition) is 4. The zero-order valence-electron chi connectivity index (χ0n) is 9.36. The summed E-state index contributed by atoms with van der Waals surface area (Å²) in [4.78, 5) is 0. The first-order chi connectivity index (χ1) is 7.09. The topological polar surface area (TPSA) is 53.1 Å². The molecule has 1 aromatic heterocycles. The highest BCUT2D eigenvalue weighted by Gasteiger charge is 2.27. The van der Waals surface area contributed by atoms with Crippen molar-refractivity contribution in [3.8, 4) is 0 Å². The van der Waals surface area contributed by atoms with E-state index in [1.54, 1.807) is 11.8 Å². The predicted molar refractivity (Wildman–Crippen MR) is 62.0 cm³/mol. The van der Waals surface area contributed by atoms with E-state index in [0.717, 1.165) is 29.4 Å². The van der Waals surface area contributed by atoms with Crippen LogP contribution < -0.4 is 5.73 Å².